The number of nitrogens with one attached hydrogen (secondary N) is 1. The number of carbonyl (C=O) groups excluding carboxylic acids is 2. The minimum absolute atomic E-state index is 0.231. The molecule has 25 heavy (non-hydrogen) atoms. The zero-order valence-corrected chi connectivity index (χ0v) is 14.4. The van der Waals surface area contributed by atoms with Gasteiger partial charge in [0, 0.05) is 18.8 Å². The van der Waals surface area contributed by atoms with Gasteiger partial charge >= 0.3 is 6.18 Å². The normalized spacial score (nSPS) is 16.3. The molecule has 1 aromatic rings. The zero-order valence-electron chi connectivity index (χ0n) is 14.4. The Hall–Kier alpha value is -2.05. The summed E-state index contributed by atoms with van der Waals surface area (Å²) >= 11 is 0. The van der Waals surface area contributed by atoms with Crippen LogP contribution in [0.25, 0.3) is 0 Å². The summed E-state index contributed by atoms with van der Waals surface area (Å²) < 4.78 is 37.7. The molecule has 0 atom stereocenters. The van der Waals surface area contributed by atoms with Crippen molar-refractivity contribution in [1.82, 2.24) is 4.90 Å². The number of likely N-dealkylation sites (tertiary alicyclic amines) is 1. The largest absolute Gasteiger partial charge is 0.416 e. The third kappa shape index (κ3) is 4.74. The van der Waals surface area contributed by atoms with E-state index in [0.717, 1.165) is 37.8 Å². The molecule has 2 rings (SSSR count). The van der Waals surface area contributed by atoms with E-state index in [0.29, 0.717) is 13.1 Å². The summed E-state index contributed by atoms with van der Waals surface area (Å²) in [5, 5.41) is 2.54. The molecule has 138 valence electrons. The predicted octanol–water partition coefficient (Wildman–Crippen LogP) is 4.07. The molecule has 4 nitrogen and oxygen atoms in total. The van der Waals surface area contributed by atoms with Crippen LogP contribution in [0.1, 0.15) is 45.1 Å². The van der Waals surface area contributed by atoms with Gasteiger partial charge in [-0.15, -0.1) is 0 Å². The summed E-state index contributed by atoms with van der Waals surface area (Å²) in [5.74, 6) is -0.777. The number of hydrogen-bond acceptors (Lipinski definition) is 2. The number of anilines is 1. The minimum Gasteiger partial charge on any atom is -0.342 e. The lowest BCUT2D eigenvalue weighted by molar-refractivity contribution is -0.146. The van der Waals surface area contributed by atoms with Crippen molar-refractivity contribution < 1.29 is 22.8 Å². The second-order valence-corrected chi connectivity index (χ2v) is 6.86. The van der Waals surface area contributed by atoms with Crippen LogP contribution < -0.4 is 5.32 Å². The standard InChI is InChI=1S/C18H23F3N2O2/c1-17(2,16(25)23-11-5-3-4-6-12-23)15(24)22-14-9-7-13(8-10-14)18(19,20)21/h7-10H,3-6,11-12H2,1-2H3,(H,22,24). The number of alkyl halides is 3. The van der Waals surface area contributed by atoms with E-state index in [1.165, 1.54) is 12.1 Å². The van der Waals surface area contributed by atoms with Crippen LogP contribution in [0.3, 0.4) is 0 Å². The number of hydrogen-bond donors (Lipinski definition) is 1. The van der Waals surface area contributed by atoms with Gasteiger partial charge in [-0.3, -0.25) is 9.59 Å². The van der Waals surface area contributed by atoms with Crippen LogP contribution in [0.2, 0.25) is 0 Å². The van der Waals surface area contributed by atoms with Crippen molar-refractivity contribution in [2.75, 3.05) is 18.4 Å². The molecule has 1 aliphatic heterocycles. The number of nitrogens with zero attached hydrogens (tertiary/aromatic N) is 1. The van der Waals surface area contributed by atoms with E-state index in [-0.39, 0.29) is 11.6 Å². The van der Waals surface area contributed by atoms with Crippen LogP contribution in [0, 0.1) is 5.41 Å². The fourth-order valence-electron chi connectivity index (χ4n) is 2.80. The smallest absolute Gasteiger partial charge is 0.342 e. The maximum atomic E-state index is 12.7. The Labute approximate surface area is 145 Å². The lowest BCUT2D eigenvalue weighted by atomic mass is 9.90. The zero-order chi connectivity index (χ0) is 18.7. The predicted molar refractivity (Wildman–Crippen MR) is 88.9 cm³/mol. The van der Waals surface area contributed by atoms with Gasteiger partial charge in [0.1, 0.15) is 5.41 Å². The average molecular weight is 356 g/mol. The van der Waals surface area contributed by atoms with E-state index >= 15 is 0 Å². The van der Waals surface area contributed by atoms with E-state index in [2.05, 4.69) is 5.32 Å². The van der Waals surface area contributed by atoms with E-state index in [4.69, 9.17) is 0 Å². The van der Waals surface area contributed by atoms with Crippen molar-refractivity contribution in [3.8, 4) is 0 Å². The van der Waals surface area contributed by atoms with Gasteiger partial charge in [-0.25, -0.2) is 0 Å². The average Bonchev–Trinajstić information content (AvgIpc) is 2.82. The fourth-order valence-corrected chi connectivity index (χ4v) is 2.80. The lowest BCUT2D eigenvalue weighted by Crippen LogP contribution is -2.47. The van der Waals surface area contributed by atoms with Crippen molar-refractivity contribution in [3.63, 3.8) is 0 Å². The van der Waals surface area contributed by atoms with Crippen LogP contribution in [-0.4, -0.2) is 29.8 Å². The van der Waals surface area contributed by atoms with Crippen LogP contribution in [-0.2, 0) is 15.8 Å². The van der Waals surface area contributed by atoms with Crippen molar-refractivity contribution in [2.24, 2.45) is 5.41 Å². The van der Waals surface area contributed by atoms with Gasteiger partial charge in [-0.1, -0.05) is 12.8 Å². The number of carbonyl (C=O) groups is 2. The Morgan fingerprint density at radius 3 is 1.96 bits per heavy atom. The molecule has 0 bridgehead atoms. The molecular weight excluding hydrogens is 333 g/mol. The molecule has 1 aliphatic rings. The molecule has 0 unspecified atom stereocenters. The first kappa shape index (κ1) is 19.3. The van der Waals surface area contributed by atoms with Crippen LogP contribution in [0.4, 0.5) is 18.9 Å². The molecule has 1 heterocycles. The quantitative estimate of drug-likeness (QED) is 0.830. The number of halogens is 3. The second-order valence-electron chi connectivity index (χ2n) is 6.86. The number of benzene rings is 1. The van der Waals surface area contributed by atoms with E-state index in [1.807, 2.05) is 0 Å². The van der Waals surface area contributed by atoms with E-state index in [9.17, 15) is 22.8 Å². The molecule has 1 N–H and O–H groups in total. The van der Waals surface area contributed by atoms with Gasteiger partial charge < -0.3 is 10.2 Å². The first-order chi connectivity index (χ1) is 11.6. The third-order valence-electron chi connectivity index (χ3n) is 4.47. The fraction of sp³-hybridized carbons (Fsp3) is 0.556. The maximum Gasteiger partial charge on any atom is 0.416 e. The molecule has 1 fully saturated rings. The van der Waals surface area contributed by atoms with Gasteiger partial charge in [0.15, 0.2) is 0 Å². The minimum atomic E-state index is -4.43. The Morgan fingerprint density at radius 1 is 0.960 bits per heavy atom. The van der Waals surface area contributed by atoms with Crippen molar-refractivity contribution in [2.45, 2.75) is 45.7 Å². The van der Waals surface area contributed by atoms with Crippen LogP contribution in [0.15, 0.2) is 24.3 Å². The molecule has 0 radical (unpaired) electrons. The summed E-state index contributed by atoms with van der Waals surface area (Å²) in [6, 6.07) is 4.18. The summed E-state index contributed by atoms with van der Waals surface area (Å²) in [6.07, 6.45) is -0.445. The lowest BCUT2D eigenvalue weighted by Gasteiger charge is -2.30. The van der Waals surface area contributed by atoms with Crippen LogP contribution >= 0.6 is 0 Å². The van der Waals surface area contributed by atoms with Gasteiger partial charge in [0.25, 0.3) is 0 Å². The van der Waals surface area contributed by atoms with E-state index < -0.39 is 23.1 Å². The highest BCUT2D eigenvalue weighted by Crippen LogP contribution is 2.30. The molecule has 1 saturated heterocycles. The van der Waals surface area contributed by atoms with Crippen molar-refractivity contribution in [3.05, 3.63) is 29.8 Å². The van der Waals surface area contributed by atoms with Gasteiger partial charge in [-0.2, -0.15) is 13.2 Å². The summed E-state index contributed by atoms with van der Waals surface area (Å²) in [4.78, 5) is 26.9. The first-order valence-corrected chi connectivity index (χ1v) is 8.40. The summed E-state index contributed by atoms with van der Waals surface area (Å²) in [5.41, 5.74) is -1.84. The highest BCUT2D eigenvalue weighted by molar-refractivity contribution is 6.09. The molecule has 1 aromatic carbocycles. The van der Waals surface area contributed by atoms with Gasteiger partial charge in [-0.05, 0) is 51.0 Å². The van der Waals surface area contributed by atoms with Crippen molar-refractivity contribution in [1.29, 1.82) is 0 Å². The highest BCUT2D eigenvalue weighted by Gasteiger charge is 2.39. The Balaban J connectivity index is 2.06. The monoisotopic (exact) mass is 356 g/mol. The van der Waals surface area contributed by atoms with Crippen LogP contribution in [0.5, 0.6) is 0 Å². The Kier molecular flexibility index (Phi) is 5.75. The Bertz CT molecular complexity index is 616. The van der Waals surface area contributed by atoms with Gasteiger partial charge in [0.2, 0.25) is 11.8 Å². The topological polar surface area (TPSA) is 49.4 Å². The molecule has 2 amide bonds. The summed E-state index contributed by atoms with van der Waals surface area (Å²) in [7, 11) is 0. The molecule has 0 aromatic heterocycles. The SMILES string of the molecule is CC(C)(C(=O)Nc1ccc(C(F)(F)F)cc1)C(=O)N1CCCCCC1. The second kappa shape index (κ2) is 7.45. The van der Waals surface area contributed by atoms with Crippen molar-refractivity contribution >= 4 is 17.5 Å². The highest BCUT2D eigenvalue weighted by atomic mass is 19.4. The summed E-state index contributed by atoms with van der Waals surface area (Å²) in [6.45, 7) is 4.35. The third-order valence-corrected chi connectivity index (χ3v) is 4.47. The molecular formula is C18H23F3N2O2. The molecule has 0 spiro atoms. The maximum absolute atomic E-state index is 12.7. The van der Waals surface area contributed by atoms with E-state index in [1.54, 1.807) is 18.7 Å². The first-order valence-electron chi connectivity index (χ1n) is 8.40. The molecule has 0 saturated carbocycles. The van der Waals surface area contributed by atoms with Gasteiger partial charge in [0.05, 0.1) is 5.56 Å². The number of amides is 2. The Morgan fingerprint density at radius 2 is 1.48 bits per heavy atom. The molecule has 7 heteroatoms. The molecule has 0 aliphatic carbocycles. The number of rotatable bonds is 3.